The number of carbonyl (C=O) groups is 2. The average molecular weight is 483 g/mol. The minimum absolute atomic E-state index is 0.0552. The molecule has 178 valence electrons. The lowest BCUT2D eigenvalue weighted by Crippen LogP contribution is -2.38. The van der Waals surface area contributed by atoms with Crippen LogP contribution in [0.5, 0.6) is 5.75 Å². The number of hydrogen-bond acceptors (Lipinski definition) is 6. The average Bonchev–Trinajstić information content (AvgIpc) is 2.83. The number of aryl methyl sites for hydroxylation is 1. The van der Waals surface area contributed by atoms with Crippen LogP contribution in [0.3, 0.4) is 0 Å². The van der Waals surface area contributed by atoms with Crippen molar-refractivity contribution in [3.05, 3.63) is 83.9 Å². The monoisotopic (exact) mass is 482 g/mol. The van der Waals surface area contributed by atoms with Crippen LogP contribution in [-0.4, -0.2) is 40.6 Å². The Bertz CT molecular complexity index is 1260. The number of ether oxygens (including phenoxy) is 2. The van der Waals surface area contributed by atoms with Crippen molar-refractivity contribution in [3.63, 3.8) is 0 Å². The fourth-order valence-electron chi connectivity index (χ4n) is 3.22. The van der Waals surface area contributed by atoms with Gasteiger partial charge in [0.25, 0.3) is 10.0 Å². The Morgan fingerprint density at radius 1 is 0.941 bits per heavy atom. The largest absolute Gasteiger partial charge is 0.492 e. The second-order valence-electron chi connectivity index (χ2n) is 7.34. The van der Waals surface area contributed by atoms with Gasteiger partial charge in [-0.1, -0.05) is 29.8 Å². The van der Waals surface area contributed by atoms with E-state index in [4.69, 9.17) is 4.74 Å². The standard InChI is InChI=1S/C25H26N2O6S/c1-4-33-23-8-6-5-7-22(23)27(34(30,31)21-15-9-18(2)10-16-21)17-24(28)26-20-13-11-19(12-14-20)25(29)32-3/h5-16H,4,17H2,1-3H3,(H,26,28). The quantitative estimate of drug-likeness (QED) is 0.462. The number of sulfonamides is 1. The van der Waals surface area contributed by atoms with Crippen LogP contribution in [-0.2, 0) is 19.6 Å². The molecule has 0 radical (unpaired) electrons. The molecule has 0 aromatic heterocycles. The first-order valence-electron chi connectivity index (χ1n) is 10.6. The maximum Gasteiger partial charge on any atom is 0.337 e. The van der Waals surface area contributed by atoms with Crippen LogP contribution in [0.1, 0.15) is 22.8 Å². The van der Waals surface area contributed by atoms with Crippen molar-refractivity contribution in [1.29, 1.82) is 0 Å². The van der Waals surface area contributed by atoms with Gasteiger partial charge in [0.1, 0.15) is 12.3 Å². The Hall–Kier alpha value is -3.85. The first-order chi connectivity index (χ1) is 16.3. The fourth-order valence-corrected chi connectivity index (χ4v) is 4.65. The van der Waals surface area contributed by atoms with Gasteiger partial charge in [0.15, 0.2) is 0 Å². The molecule has 0 aliphatic carbocycles. The lowest BCUT2D eigenvalue weighted by Gasteiger charge is -2.26. The van der Waals surface area contributed by atoms with E-state index in [1.54, 1.807) is 43.3 Å². The zero-order chi connectivity index (χ0) is 24.7. The molecule has 0 saturated heterocycles. The van der Waals surface area contributed by atoms with E-state index in [1.807, 2.05) is 6.92 Å². The molecule has 0 fully saturated rings. The molecule has 0 atom stereocenters. The van der Waals surface area contributed by atoms with E-state index in [1.165, 1.54) is 43.5 Å². The van der Waals surface area contributed by atoms with Gasteiger partial charge in [0.2, 0.25) is 5.91 Å². The van der Waals surface area contributed by atoms with Crippen LogP contribution in [0.15, 0.2) is 77.7 Å². The summed E-state index contributed by atoms with van der Waals surface area (Å²) in [4.78, 5) is 24.6. The number of carbonyl (C=O) groups excluding carboxylic acids is 2. The smallest absolute Gasteiger partial charge is 0.337 e. The van der Waals surface area contributed by atoms with E-state index in [-0.39, 0.29) is 10.6 Å². The Morgan fingerprint density at radius 2 is 1.59 bits per heavy atom. The molecular weight excluding hydrogens is 456 g/mol. The van der Waals surface area contributed by atoms with E-state index < -0.39 is 28.4 Å². The summed E-state index contributed by atoms with van der Waals surface area (Å²) >= 11 is 0. The Labute approximate surface area is 199 Å². The van der Waals surface area contributed by atoms with E-state index in [0.29, 0.717) is 23.6 Å². The van der Waals surface area contributed by atoms with E-state index in [2.05, 4.69) is 10.1 Å². The lowest BCUT2D eigenvalue weighted by atomic mass is 10.2. The summed E-state index contributed by atoms with van der Waals surface area (Å²) in [5.41, 5.74) is 1.90. The molecule has 3 aromatic rings. The van der Waals surface area contributed by atoms with E-state index in [9.17, 15) is 18.0 Å². The van der Waals surface area contributed by atoms with Crippen LogP contribution in [0, 0.1) is 6.92 Å². The van der Waals surface area contributed by atoms with Crippen molar-refractivity contribution < 1.29 is 27.5 Å². The first-order valence-corrected chi connectivity index (χ1v) is 12.0. The third-order valence-corrected chi connectivity index (χ3v) is 6.69. The van der Waals surface area contributed by atoms with Gasteiger partial charge in [-0.15, -0.1) is 0 Å². The number of para-hydroxylation sites is 2. The van der Waals surface area contributed by atoms with Gasteiger partial charge in [0, 0.05) is 5.69 Å². The summed E-state index contributed by atoms with van der Waals surface area (Å²) in [6, 6.07) is 19.1. The summed E-state index contributed by atoms with van der Waals surface area (Å²) in [7, 11) is -2.81. The molecule has 3 rings (SSSR count). The molecule has 8 nitrogen and oxygen atoms in total. The van der Waals surface area contributed by atoms with Crippen molar-refractivity contribution in [2.45, 2.75) is 18.7 Å². The van der Waals surface area contributed by atoms with Gasteiger partial charge in [-0.25, -0.2) is 13.2 Å². The molecule has 3 aromatic carbocycles. The summed E-state index contributed by atoms with van der Waals surface area (Å²) in [6.07, 6.45) is 0. The number of anilines is 2. The Balaban J connectivity index is 1.93. The number of methoxy groups -OCH3 is 1. The predicted octanol–water partition coefficient (Wildman–Crippen LogP) is 4.01. The zero-order valence-electron chi connectivity index (χ0n) is 19.1. The topological polar surface area (TPSA) is 102 Å². The normalized spacial score (nSPS) is 10.9. The Kier molecular flexibility index (Phi) is 7.91. The molecule has 34 heavy (non-hydrogen) atoms. The fraction of sp³-hybridized carbons (Fsp3) is 0.200. The summed E-state index contributed by atoms with van der Waals surface area (Å²) in [6.45, 7) is 3.49. The molecule has 1 amide bonds. The number of amides is 1. The van der Waals surface area contributed by atoms with Crippen LogP contribution in [0.4, 0.5) is 11.4 Å². The minimum Gasteiger partial charge on any atom is -0.492 e. The predicted molar refractivity (Wildman–Crippen MR) is 130 cm³/mol. The highest BCUT2D eigenvalue weighted by Crippen LogP contribution is 2.32. The summed E-state index contributed by atoms with van der Waals surface area (Å²) in [5, 5.41) is 2.67. The molecule has 9 heteroatoms. The van der Waals surface area contributed by atoms with Crippen molar-refractivity contribution >= 4 is 33.3 Å². The van der Waals surface area contributed by atoms with Crippen LogP contribution >= 0.6 is 0 Å². The van der Waals surface area contributed by atoms with E-state index in [0.717, 1.165) is 9.87 Å². The van der Waals surface area contributed by atoms with Crippen molar-refractivity contribution in [1.82, 2.24) is 0 Å². The number of hydrogen-bond donors (Lipinski definition) is 1. The lowest BCUT2D eigenvalue weighted by molar-refractivity contribution is -0.114. The number of nitrogens with zero attached hydrogens (tertiary/aromatic N) is 1. The first kappa shape index (κ1) is 24.8. The third-order valence-electron chi connectivity index (χ3n) is 4.92. The van der Waals surface area contributed by atoms with Gasteiger partial charge in [-0.05, 0) is 62.4 Å². The van der Waals surface area contributed by atoms with Gasteiger partial charge >= 0.3 is 5.97 Å². The van der Waals surface area contributed by atoms with E-state index >= 15 is 0 Å². The zero-order valence-corrected chi connectivity index (χ0v) is 20.0. The summed E-state index contributed by atoms with van der Waals surface area (Å²) < 4.78 is 38.5. The number of rotatable bonds is 9. The van der Waals surface area contributed by atoms with Gasteiger partial charge in [0.05, 0.1) is 29.9 Å². The Morgan fingerprint density at radius 3 is 2.21 bits per heavy atom. The molecule has 0 saturated carbocycles. The molecule has 0 spiro atoms. The number of benzene rings is 3. The molecular formula is C25H26N2O6S. The molecule has 0 bridgehead atoms. The molecule has 0 unspecified atom stereocenters. The molecule has 0 heterocycles. The second kappa shape index (κ2) is 10.8. The van der Waals surface area contributed by atoms with Crippen LogP contribution in [0.2, 0.25) is 0 Å². The SMILES string of the molecule is CCOc1ccccc1N(CC(=O)Nc1ccc(C(=O)OC)cc1)S(=O)(=O)c1ccc(C)cc1. The number of nitrogens with one attached hydrogen (secondary N) is 1. The molecule has 0 aliphatic heterocycles. The molecule has 1 N–H and O–H groups in total. The highest BCUT2D eigenvalue weighted by Gasteiger charge is 2.29. The van der Waals surface area contributed by atoms with Crippen molar-refractivity contribution in [3.8, 4) is 5.75 Å². The number of esters is 1. The van der Waals surface area contributed by atoms with Gasteiger partial charge in [-0.2, -0.15) is 0 Å². The summed E-state index contributed by atoms with van der Waals surface area (Å²) in [5.74, 6) is -0.718. The minimum atomic E-state index is -4.09. The molecule has 0 aliphatic rings. The van der Waals surface area contributed by atoms with Gasteiger partial charge in [-0.3, -0.25) is 9.10 Å². The third kappa shape index (κ3) is 5.74. The van der Waals surface area contributed by atoms with Gasteiger partial charge < -0.3 is 14.8 Å². The maximum absolute atomic E-state index is 13.6. The van der Waals surface area contributed by atoms with Crippen molar-refractivity contribution in [2.24, 2.45) is 0 Å². The van der Waals surface area contributed by atoms with Crippen LogP contribution in [0.25, 0.3) is 0 Å². The highest BCUT2D eigenvalue weighted by molar-refractivity contribution is 7.92. The maximum atomic E-state index is 13.6. The van der Waals surface area contributed by atoms with Crippen molar-refractivity contribution in [2.75, 3.05) is 29.9 Å². The van der Waals surface area contributed by atoms with Crippen LogP contribution < -0.4 is 14.4 Å². The highest BCUT2D eigenvalue weighted by atomic mass is 32.2. The second-order valence-corrected chi connectivity index (χ2v) is 9.20.